The molecule has 1 aromatic carbocycles. The number of nitrogens with one attached hydrogen (secondary N) is 2. The number of anilines is 1. The summed E-state index contributed by atoms with van der Waals surface area (Å²) in [7, 11) is 0. The highest BCUT2D eigenvalue weighted by atomic mass is 35.5. The fourth-order valence-corrected chi connectivity index (χ4v) is 2.99. The van der Waals surface area contributed by atoms with Crippen molar-refractivity contribution in [1.29, 1.82) is 0 Å². The van der Waals surface area contributed by atoms with Crippen LogP contribution in [0, 0.1) is 12.8 Å². The third kappa shape index (κ3) is 2.91. The van der Waals surface area contributed by atoms with Crippen LogP contribution in [0.5, 0.6) is 0 Å². The highest BCUT2D eigenvalue weighted by Crippen LogP contribution is 2.42. The number of rotatable bonds is 4. The van der Waals surface area contributed by atoms with Gasteiger partial charge in [-0.2, -0.15) is 0 Å². The number of benzene rings is 1. The average molecular weight is 336 g/mol. The molecular formula is C16H18ClN3O3. The molecule has 7 heteroatoms. The lowest BCUT2D eigenvalue weighted by molar-refractivity contribution is -0.134. The van der Waals surface area contributed by atoms with Gasteiger partial charge in [0.15, 0.2) is 0 Å². The van der Waals surface area contributed by atoms with Crippen LogP contribution < -0.4 is 10.6 Å². The van der Waals surface area contributed by atoms with Crippen LogP contribution in [0.3, 0.4) is 0 Å². The molecule has 6 nitrogen and oxygen atoms in total. The maximum Gasteiger partial charge on any atom is 0.325 e. The van der Waals surface area contributed by atoms with Gasteiger partial charge in [-0.05, 0) is 50.3 Å². The number of carbonyl (C=O) groups is 3. The Balaban J connectivity index is 1.66. The molecule has 1 aliphatic carbocycles. The standard InChI is InChI=1S/C16H18ClN3O3/c1-9-3-6-11(7-12(9)17)18-13(21)8-20-14(22)16(2,10-4-5-10)19-15(20)23/h3,6-7,10H,4-5,8H2,1-2H3,(H,18,21)(H,19,23). The van der Waals surface area contributed by atoms with E-state index < -0.39 is 17.5 Å². The zero-order valence-electron chi connectivity index (χ0n) is 13.0. The van der Waals surface area contributed by atoms with E-state index in [0.29, 0.717) is 10.7 Å². The predicted molar refractivity (Wildman–Crippen MR) is 86.2 cm³/mol. The van der Waals surface area contributed by atoms with E-state index in [4.69, 9.17) is 11.6 Å². The molecule has 122 valence electrons. The Morgan fingerprint density at radius 3 is 2.74 bits per heavy atom. The van der Waals surface area contributed by atoms with Gasteiger partial charge in [-0.1, -0.05) is 17.7 Å². The fraction of sp³-hybridized carbons (Fsp3) is 0.438. The van der Waals surface area contributed by atoms with E-state index in [0.717, 1.165) is 23.3 Å². The van der Waals surface area contributed by atoms with Crippen LogP contribution in [0.25, 0.3) is 0 Å². The molecule has 1 unspecified atom stereocenters. The second kappa shape index (κ2) is 5.53. The number of urea groups is 1. The second-order valence-corrected chi connectivity index (χ2v) is 6.72. The summed E-state index contributed by atoms with van der Waals surface area (Å²) in [6.45, 7) is 3.28. The zero-order valence-corrected chi connectivity index (χ0v) is 13.7. The van der Waals surface area contributed by atoms with Crippen molar-refractivity contribution in [3.63, 3.8) is 0 Å². The molecule has 0 spiro atoms. The Morgan fingerprint density at radius 1 is 1.43 bits per heavy atom. The molecular weight excluding hydrogens is 318 g/mol. The molecule has 23 heavy (non-hydrogen) atoms. The molecule has 1 saturated heterocycles. The first-order valence-electron chi connectivity index (χ1n) is 7.51. The number of hydrogen-bond acceptors (Lipinski definition) is 3. The largest absolute Gasteiger partial charge is 0.325 e. The highest BCUT2D eigenvalue weighted by molar-refractivity contribution is 6.31. The van der Waals surface area contributed by atoms with Crippen molar-refractivity contribution in [2.24, 2.45) is 5.92 Å². The molecule has 2 fully saturated rings. The van der Waals surface area contributed by atoms with E-state index in [2.05, 4.69) is 10.6 Å². The van der Waals surface area contributed by atoms with Gasteiger partial charge in [0.05, 0.1) is 0 Å². The first-order valence-corrected chi connectivity index (χ1v) is 7.89. The minimum Gasteiger partial charge on any atom is -0.324 e. The quantitative estimate of drug-likeness (QED) is 0.829. The Kier molecular flexibility index (Phi) is 3.80. The van der Waals surface area contributed by atoms with E-state index in [-0.39, 0.29) is 18.4 Å². The van der Waals surface area contributed by atoms with Crippen molar-refractivity contribution in [3.8, 4) is 0 Å². The average Bonchev–Trinajstić information content (AvgIpc) is 3.29. The van der Waals surface area contributed by atoms with Crippen LogP contribution in [0.15, 0.2) is 18.2 Å². The van der Waals surface area contributed by atoms with E-state index in [1.807, 2.05) is 6.92 Å². The van der Waals surface area contributed by atoms with Gasteiger partial charge >= 0.3 is 6.03 Å². The number of halogens is 1. The number of carbonyl (C=O) groups excluding carboxylic acids is 3. The van der Waals surface area contributed by atoms with Gasteiger partial charge in [-0.25, -0.2) is 4.79 Å². The van der Waals surface area contributed by atoms with Crippen LogP contribution >= 0.6 is 11.6 Å². The number of aryl methyl sites for hydroxylation is 1. The third-order valence-corrected chi connectivity index (χ3v) is 4.86. The summed E-state index contributed by atoms with van der Waals surface area (Å²) in [5.74, 6) is -0.599. The van der Waals surface area contributed by atoms with Crippen molar-refractivity contribution in [1.82, 2.24) is 10.2 Å². The van der Waals surface area contributed by atoms with Gasteiger partial charge in [0, 0.05) is 10.7 Å². The second-order valence-electron chi connectivity index (χ2n) is 6.31. The highest BCUT2D eigenvalue weighted by Gasteiger charge is 2.56. The van der Waals surface area contributed by atoms with Crippen molar-refractivity contribution >= 4 is 35.1 Å². The van der Waals surface area contributed by atoms with Crippen LogP contribution in [0.1, 0.15) is 25.3 Å². The molecule has 1 aliphatic heterocycles. The number of imide groups is 1. The van der Waals surface area contributed by atoms with E-state index in [1.165, 1.54) is 0 Å². The smallest absolute Gasteiger partial charge is 0.324 e. The minimum atomic E-state index is -0.871. The summed E-state index contributed by atoms with van der Waals surface area (Å²) in [5.41, 5.74) is 0.562. The minimum absolute atomic E-state index is 0.169. The van der Waals surface area contributed by atoms with Gasteiger partial charge in [-0.3, -0.25) is 14.5 Å². The number of hydrogen-bond donors (Lipinski definition) is 2. The molecule has 0 bridgehead atoms. The monoisotopic (exact) mass is 335 g/mol. The lowest BCUT2D eigenvalue weighted by Crippen LogP contribution is -2.46. The van der Waals surface area contributed by atoms with Crippen molar-refractivity contribution in [2.75, 3.05) is 11.9 Å². The zero-order chi connectivity index (χ0) is 16.8. The molecule has 1 saturated carbocycles. The lowest BCUT2D eigenvalue weighted by Gasteiger charge is -2.20. The lowest BCUT2D eigenvalue weighted by atomic mass is 9.96. The Bertz CT molecular complexity index is 702. The fourth-order valence-electron chi connectivity index (χ4n) is 2.81. The molecule has 0 aromatic heterocycles. The van der Waals surface area contributed by atoms with Crippen molar-refractivity contribution < 1.29 is 14.4 Å². The van der Waals surface area contributed by atoms with E-state index in [9.17, 15) is 14.4 Å². The Morgan fingerprint density at radius 2 is 2.13 bits per heavy atom. The SMILES string of the molecule is Cc1ccc(NC(=O)CN2C(=O)NC(C)(C3CC3)C2=O)cc1Cl. The Hall–Kier alpha value is -2.08. The van der Waals surface area contributed by atoms with E-state index in [1.54, 1.807) is 25.1 Å². The third-order valence-electron chi connectivity index (χ3n) is 4.45. The predicted octanol–water partition coefficient (Wildman–Crippen LogP) is 2.31. The molecule has 4 amide bonds. The van der Waals surface area contributed by atoms with Gasteiger partial charge in [-0.15, -0.1) is 0 Å². The summed E-state index contributed by atoms with van der Waals surface area (Å²) in [6.07, 6.45) is 1.84. The van der Waals surface area contributed by atoms with Gasteiger partial charge in [0.25, 0.3) is 5.91 Å². The summed E-state index contributed by atoms with van der Waals surface area (Å²) >= 11 is 6.01. The summed E-state index contributed by atoms with van der Waals surface area (Å²) < 4.78 is 0. The summed E-state index contributed by atoms with van der Waals surface area (Å²) in [4.78, 5) is 37.6. The molecule has 2 aliphatic rings. The summed E-state index contributed by atoms with van der Waals surface area (Å²) in [5, 5.41) is 5.91. The van der Waals surface area contributed by atoms with Crippen LogP contribution in [-0.4, -0.2) is 34.8 Å². The normalized spacial score (nSPS) is 23.9. The number of nitrogens with zero attached hydrogens (tertiary/aromatic N) is 1. The van der Waals surface area contributed by atoms with Gasteiger partial charge in [0.2, 0.25) is 5.91 Å². The topological polar surface area (TPSA) is 78.5 Å². The van der Waals surface area contributed by atoms with Crippen LogP contribution in [0.2, 0.25) is 5.02 Å². The first-order chi connectivity index (χ1) is 10.8. The van der Waals surface area contributed by atoms with Crippen LogP contribution in [0.4, 0.5) is 10.5 Å². The van der Waals surface area contributed by atoms with Crippen LogP contribution in [-0.2, 0) is 9.59 Å². The van der Waals surface area contributed by atoms with Gasteiger partial charge < -0.3 is 10.6 Å². The first kappa shape index (κ1) is 15.8. The molecule has 3 rings (SSSR count). The maximum absolute atomic E-state index is 12.4. The molecule has 1 heterocycles. The van der Waals surface area contributed by atoms with Crippen molar-refractivity contribution in [3.05, 3.63) is 28.8 Å². The molecule has 1 aromatic rings. The van der Waals surface area contributed by atoms with Gasteiger partial charge in [0.1, 0.15) is 12.1 Å². The summed E-state index contributed by atoms with van der Waals surface area (Å²) in [6, 6.07) is 4.63. The maximum atomic E-state index is 12.4. The molecule has 2 N–H and O–H groups in total. The number of amides is 4. The molecule has 0 radical (unpaired) electrons. The van der Waals surface area contributed by atoms with Crippen molar-refractivity contribution in [2.45, 2.75) is 32.2 Å². The Labute approximate surface area is 139 Å². The van der Waals surface area contributed by atoms with E-state index >= 15 is 0 Å². The molecule has 1 atom stereocenters.